The van der Waals surface area contributed by atoms with Crippen LogP contribution in [-0.4, -0.2) is 50.0 Å². The predicted molar refractivity (Wildman–Crippen MR) is 117 cm³/mol. The highest BCUT2D eigenvalue weighted by Gasteiger charge is 2.36. The summed E-state index contributed by atoms with van der Waals surface area (Å²) in [5.74, 6) is 3.38. The molecule has 5 rings (SSSR count). The maximum Gasteiger partial charge on any atom is 0.216 e. The first-order chi connectivity index (χ1) is 15.1. The fourth-order valence-corrected chi connectivity index (χ4v) is 3.88. The predicted octanol–water partition coefficient (Wildman–Crippen LogP) is 2.99. The summed E-state index contributed by atoms with van der Waals surface area (Å²) in [6.45, 7) is 5.13. The van der Waals surface area contributed by atoms with E-state index in [4.69, 9.17) is 14.2 Å². The molecule has 0 radical (unpaired) electrons. The second-order valence-electron chi connectivity index (χ2n) is 8.55. The minimum atomic E-state index is -0.00403. The summed E-state index contributed by atoms with van der Waals surface area (Å²) in [6, 6.07) is 14.2. The van der Waals surface area contributed by atoms with E-state index in [2.05, 4.69) is 33.5 Å². The summed E-state index contributed by atoms with van der Waals surface area (Å²) < 4.78 is 17.9. The lowest BCUT2D eigenvalue weighted by Crippen LogP contribution is -2.61. The van der Waals surface area contributed by atoms with Crippen molar-refractivity contribution in [2.24, 2.45) is 5.92 Å². The second kappa shape index (κ2) is 8.67. The van der Waals surface area contributed by atoms with E-state index >= 15 is 0 Å². The number of hydrogen-bond donors (Lipinski definition) is 1. The molecule has 1 saturated heterocycles. The smallest absolute Gasteiger partial charge is 0.216 e. The lowest BCUT2D eigenvalue weighted by molar-refractivity contribution is -0.118. The summed E-state index contributed by atoms with van der Waals surface area (Å²) in [7, 11) is 0. The molecule has 2 aromatic rings. The Kier molecular flexibility index (Phi) is 5.59. The van der Waals surface area contributed by atoms with E-state index in [0.717, 1.165) is 60.5 Å². The molecular formula is C24H29N3O4. The zero-order valence-electron chi connectivity index (χ0n) is 17.9. The van der Waals surface area contributed by atoms with Gasteiger partial charge in [-0.15, -0.1) is 0 Å². The van der Waals surface area contributed by atoms with Gasteiger partial charge in [0.1, 0.15) is 23.4 Å². The van der Waals surface area contributed by atoms with Crippen LogP contribution in [0.25, 0.3) is 0 Å². The standard InChI is InChI=1S/C24H29N3O4/c1-17(28)25-10-9-18-7-8-23-24(11-18)30-16-27(23)26-13-22(14-26)31-21-4-2-3-20(12-21)29-15-19-5-6-19/h2-4,7-8,11-12,19,22H,5-6,9-10,13-16H2,1H3,(H,25,28). The van der Waals surface area contributed by atoms with Crippen molar-refractivity contribution in [1.82, 2.24) is 10.3 Å². The number of ether oxygens (including phenoxy) is 3. The van der Waals surface area contributed by atoms with Crippen LogP contribution in [0.4, 0.5) is 5.69 Å². The van der Waals surface area contributed by atoms with Crippen LogP contribution in [-0.2, 0) is 11.2 Å². The highest BCUT2D eigenvalue weighted by molar-refractivity contribution is 5.72. The summed E-state index contributed by atoms with van der Waals surface area (Å²) >= 11 is 0. The van der Waals surface area contributed by atoms with E-state index in [1.165, 1.54) is 19.8 Å². The first-order valence-corrected chi connectivity index (χ1v) is 11.1. The molecule has 0 atom stereocenters. The van der Waals surface area contributed by atoms with Gasteiger partial charge in [-0.05, 0) is 55.0 Å². The molecule has 0 unspecified atom stereocenters. The largest absolute Gasteiger partial charge is 0.493 e. The molecule has 7 heteroatoms. The van der Waals surface area contributed by atoms with Gasteiger partial charge in [-0.1, -0.05) is 12.1 Å². The SMILES string of the molecule is CC(=O)NCCc1ccc2c(c1)OCN2N1CC(Oc2cccc(OCC3CC3)c2)C1. The van der Waals surface area contributed by atoms with Crippen LogP contribution in [0.5, 0.6) is 17.2 Å². The molecule has 7 nitrogen and oxygen atoms in total. The molecule has 1 N–H and O–H groups in total. The highest BCUT2D eigenvalue weighted by atomic mass is 16.5. The number of nitrogens with zero attached hydrogens (tertiary/aromatic N) is 2. The fourth-order valence-electron chi connectivity index (χ4n) is 3.88. The minimum Gasteiger partial charge on any atom is -0.493 e. The van der Waals surface area contributed by atoms with E-state index in [1.54, 1.807) is 0 Å². The molecule has 1 aliphatic carbocycles. The zero-order chi connectivity index (χ0) is 21.2. The normalized spacial score (nSPS) is 18.2. The van der Waals surface area contributed by atoms with Crippen LogP contribution in [0.3, 0.4) is 0 Å². The third kappa shape index (κ3) is 4.88. The number of anilines is 1. The van der Waals surface area contributed by atoms with Crippen LogP contribution >= 0.6 is 0 Å². The molecule has 0 bridgehead atoms. The Hall–Kier alpha value is -2.93. The van der Waals surface area contributed by atoms with Crippen molar-refractivity contribution >= 4 is 11.6 Å². The molecule has 3 aliphatic rings. The molecule has 2 fully saturated rings. The summed E-state index contributed by atoms with van der Waals surface area (Å²) in [5.41, 5.74) is 2.24. The van der Waals surface area contributed by atoms with Gasteiger partial charge in [-0.25, -0.2) is 5.01 Å². The summed E-state index contributed by atoms with van der Waals surface area (Å²) in [6.07, 6.45) is 3.52. The van der Waals surface area contributed by atoms with Crippen molar-refractivity contribution in [1.29, 1.82) is 0 Å². The number of carbonyl (C=O) groups excluding carboxylic acids is 1. The van der Waals surface area contributed by atoms with Gasteiger partial charge in [0.25, 0.3) is 0 Å². The summed E-state index contributed by atoms with van der Waals surface area (Å²) in [4.78, 5) is 11.0. The van der Waals surface area contributed by atoms with Gasteiger partial charge in [-0.3, -0.25) is 9.80 Å². The molecule has 2 aromatic carbocycles. The van der Waals surface area contributed by atoms with Crippen LogP contribution in [0.2, 0.25) is 0 Å². The van der Waals surface area contributed by atoms with E-state index < -0.39 is 0 Å². The molecule has 1 saturated carbocycles. The third-order valence-electron chi connectivity index (χ3n) is 5.89. The van der Waals surface area contributed by atoms with E-state index in [0.29, 0.717) is 13.3 Å². The maximum atomic E-state index is 11.0. The quantitative estimate of drug-likeness (QED) is 0.669. The topological polar surface area (TPSA) is 63.3 Å². The lowest BCUT2D eigenvalue weighted by atomic mass is 10.1. The van der Waals surface area contributed by atoms with E-state index in [9.17, 15) is 4.79 Å². The number of hydrogen-bond acceptors (Lipinski definition) is 6. The lowest BCUT2D eigenvalue weighted by Gasteiger charge is -2.43. The van der Waals surface area contributed by atoms with Crippen molar-refractivity contribution < 1.29 is 19.0 Å². The van der Waals surface area contributed by atoms with Gasteiger partial charge >= 0.3 is 0 Å². The van der Waals surface area contributed by atoms with Gasteiger partial charge in [0.2, 0.25) is 5.91 Å². The monoisotopic (exact) mass is 423 g/mol. The number of amides is 1. The molecule has 31 heavy (non-hydrogen) atoms. The van der Waals surface area contributed by atoms with Crippen molar-refractivity contribution in [3.8, 4) is 17.2 Å². The molecular weight excluding hydrogens is 394 g/mol. The molecule has 0 aromatic heterocycles. The van der Waals surface area contributed by atoms with Crippen molar-refractivity contribution in [2.75, 3.05) is 38.0 Å². The Morgan fingerprint density at radius 1 is 1.16 bits per heavy atom. The molecule has 164 valence electrons. The number of rotatable bonds is 9. The average molecular weight is 424 g/mol. The van der Waals surface area contributed by atoms with Crippen LogP contribution < -0.4 is 24.5 Å². The highest BCUT2D eigenvalue weighted by Crippen LogP contribution is 2.37. The Morgan fingerprint density at radius 3 is 2.81 bits per heavy atom. The van der Waals surface area contributed by atoms with Crippen molar-refractivity contribution in [3.63, 3.8) is 0 Å². The van der Waals surface area contributed by atoms with Crippen molar-refractivity contribution in [3.05, 3.63) is 48.0 Å². The molecule has 2 aliphatic heterocycles. The van der Waals surface area contributed by atoms with Gasteiger partial charge in [0.05, 0.1) is 25.4 Å². The summed E-state index contributed by atoms with van der Waals surface area (Å²) in [5, 5.41) is 7.25. The Bertz CT molecular complexity index is 940. The second-order valence-corrected chi connectivity index (χ2v) is 8.55. The zero-order valence-corrected chi connectivity index (χ0v) is 17.9. The first-order valence-electron chi connectivity index (χ1n) is 11.1. The number of nitrogens with one attached hydrogen (secondary N) is 1. The molecule has 0 spiro atoms. The number of carbonyl (C=O) groups is 1. The van der Waals surface area contributed by atoms with Gasteiger partial charge < -0.3 is 19.5 Å². The average Bonchev–Trinajstić information content (AvgIpc) is 3.47. The Balaban J connectivity index is 1.12. The first kappa shape index (κ1) is 20.0. The maximum absolute atomic E-state index is 11.0. The van der Waals surface area contributed by atoms with Gasteiger partial charge in [0.15, 0.2) is 6.73 Å². The third-order valence-corrected chi connectivity index (χ3v) is 5.89. The Morgan fingerprint density at radius 2 is 2.00 bits per heavy atom. The number of benzene rings is 2. The van der Waals surface area contributed by atoms with Gasteiger partial charge in [0, 0.05) is 19.5 Å². The number of hydrazine groups is 1. The van der Waals surface area contributed by atoms with Gasteiger partial charge in [-0.2, -0.15) is 0 Å². The minimum absolute atomic E-state index is 0.00403. The van der Waals surface area contributed by atoms with Crippen LogP contribution in [0.1, 0.15) is 25.3 Å². The number of fused-ring (bicyclic) bond motifs is 1. The molecule has 1 amide bonds. The van der Waals surface area contributed by atoms with Crippen LogP contribution in [0, 0.1) is 5.92 Å². The Labute approximate surface area is 182 Å². The fraction of sp³-hybridized carbons (Fsp3) is 0.458. The van der Waals surface area contributed by atoms with Crippen molar-refractivity contribution in [2.45, 2.75) is 32.3 Å². The van der Waals surface area contributed by atoms with E-state index in [-0.39, 0.29) is 12.0 Å². The van der Waals surface area contributed by atoms with Crippen LogP contribution in [0.15, 0.2) is 42.5 Å². The van der Waals surface area contributed by atoms with E-state index in [1.807, 2.05) is 24.3 Å². The molecule has 2 heterocycles.